The Morgan fingerprint density at radius 3 is 2.55 bits per heavy atom. The van der Waals surface area contributed by atoms with E-state index in [2.05, 4.69) is 4.98 Å². The van der Waals surface area contributed by atoms with Crippen LogP contribution in [0.15, 0.2) is 71.7 Å². The number of alkyl halides is 1. The monoisotopic (exact) mass is 594 g/mol. The molecule has 0 amide bonds. The number of aromatic nitrogens is 2. The number of benzene rings is 2. The zero-order chi connectivity index (χ0) is 28.9. The number of aliphatic hydroxyl groups excluding tert-OH is 1. The van der Waals surface area contributed by atoms with Gasteiger partial charge in [-0.25, -0.2) is 18.1 Å². The first kappa shape index (κ1) is 29.9. The Bertz CT molecular complexity index is 1410. The van der Waals surface area contributed by atoms with Gasteiger partial charge >= 0.3 is 19.3 Å². The molecule has 0 aliphatic carbocycles. The molecular formula is C27H29F2N2O7PS. The fraction of sp³-hybridized carbons (Fsp3) is 0.370. The Morgan fingerprint density at radius 2 is 1.88 bits per heavy atom. The van der Waals surface area contributed by atoms with Crippen molar-refractivity contribution >= 4 is 25.3 Å². The summed E-state index contributed by atoms with van der Waals surface area (Å²) in [6.45, 7) is 2.65. The second-order valence-corrected chi connectivity index (χ2v) is 12.8. The fourth-order valence-electron chi connectivity index (χ4n) is 3.99. The molecule has 9 nitrogen and oxygen atoms in total. The van der Waals surface area contributed by atoms with Crippen LogP contribution in [0.4, 0.5) is 8.78 Å². The number of aliphatic hydroxyl groups is 1. The van der Waals surface area contributed by atoms with Crippen LogP contribution in [0.25, 0.3) is 0 Å². The number of hydrogen-bond donors (Lipinski definition) is 1. The number of aryl methyl sites for hydroxylation is 1. The Morgan fingerprint density at radius 1 is 1.18 bits per heavy atom. The van der Waals surface area contributed by atoms with E-state index in [0.29, 0.717) is 11.3 Å². The summed E-state index contributed by atoms with van der Waals surface area (Å²) in [7, 11) is -4.04. The molecule has 1 aliphatic heterocycles. The summed E-state index contributed by atoms with van der Waals surface area (Å²) >= 11 is 0.957. The van der Waals surface area contributed by atoms with E-state index in [-0.39, 0.29) is 25.1 Å². The lowest BCUT2D eigenvalue weighted by Crippen LogP contribution is -2.33. The predicted octanol–water partition coefficient (Wildman–Crippen LogP) is 4.67. The molecule has 6 atom stereocenters. The number of carbonyl (C=O) groups is 1. The number of ether oxygens (including phenoxy) is 1. The highest BCUT2D eigenvalue weighted by atomic mass is 32.2. The molecule has 1 N–H and O–H groups in total. The highest BCUT2D eigenvalue weighted by Crippen LogP contribution is 2.52. The molecule has 40 heavy (non-hydrogen) atoms. The lowest BCUT2D eigenvalue weighted by atomic mass is 10.1. The first-order chi connectivity index (χ1) is 19.0. The number of carbonyl (C=O) groups excluding carboxylic acids is 1. The van der Waals surface area contributed by atoms with Crippen LogP contribution in [0.3, 0.4) is 0 Å². The molecule has 4 rings (SSSR count). The van der Waals surface area contributed by atoms with Gasteiger partial charge in [0.1, 0.15) is 29.7 Å². The number of hydrogen-bond acceptors (Lipinski definition) is 9. The van der Waals surface area contributed by atoms with Crippen molar-refractivity contribution < 1.29 is 37.0 Å². The van der Waals surface area contributed by atoms with Gasteiger partial charge in [0.05, 0.1) is 23.9 Å². The molecule has 214 valence electrons. The van der Waals surface area contributed by atoms with E-state index in [9.17, 15) is 23.7 Å². The zero-order valence-corrected chi connectivity index (χ0v) is 23.5. The molecule has 13 heteroatoms. The number of halogens is 2. The van der Waals surface area contributed by atoms with Gasteiger partial charge < -0.3 is 14.4 Å². The largest absolute Gasteiger partial charge is 0.461 e. The van der Waals surface area contributed by atoms with Gasteiger partial charge in [-0.2, -0.15) is 4.98 Å². The quantitative estimate of drug-likeness (QED) is 0.250. The van der Waals surface area contributed by atoms with Crippen LogP contribution in [0, 0.1) is 18.7 Å². The Hall–Kier alpha value is -3.05. The molecule has 0 spiro atoms. The number of nitrogens with zero attached hydrogens (tertiary/aromatic N) is 2. The van der Waals surface area contributed by atoms with Crippen molar-refractivity contribution in [3.8, 4) is 5.75 Å². The number of esters is 1. The van der Waals surface area contributed by atoms with Crippen LogP contribution in [0.2, 0.25) is 0 Å². The smallest absolute Gasteiger partial charge is 0.380 e. The van der Waals surface area contributed by atoms with E-state index in [0.717, 1.165) is 16.3 Å². The van der Waals surface area contributed by atoms with E-state index in [1.807, 2.05) is 0 Å². The van der Waals surface area contributed by atoms with Gasteiger partial charge in [-0.15, -0.1) is 11.8 Å². The molecule has 1 fully saturated rings. The van der Waals surface area contributed by atoms with Crippen molar-refractivity contribution in [1.29, 1.82) is 0 Å². The molecule has 1 aromatic heterocycles. The highest BCUT2D eigenvalue weighted by Gasteiger charge is 2.46. The van der Waals surface area contributed by atoms with Gasteiger partial charge in [-0.1, -0.05) is 37.3 Å². The first-order valence-corrected chi connectivity index (χ1v) is 15.1. The summed E-state index contributed by atoms with van der Waals surface area (Å²) in [5.74, 6) is -1.78. The maximum atomic E-state index is 15.0. The first-order valence-electron chi connectivity index (χ1n) is 12.5. The van der Waals surface area contributed by atoms with E-state index < -0.39 is 53.9 Å². The lowest BCUT2D eigenvalue weighted by molar-refractivity contribution is -0.148. The second kappa shape index (κ2) is 13.1. The Balaban J connectivity index is 1.44. The molecule has 1 aliphatic rings. The van der Waals surface area contributed by atoms with E-state index in [4.69, 9.17) is 13.8 Å². The van der Waals surface area contributed by atoms with Gasteiger partial charge in [0.2, 0.25) is 0 Å². The second-order valence-electron chi connectivity index (χ2n) is 9.39. The molecule has 0 radical (unpaired) electrons. The van der Waals surface area contributed by atoms with Gasteiger partial charge in [-0.3, -0.25) is 13.9 Å². The Kier molecular flexibility index (Phi) is 9.78. The number of thioether (sulfide) groups is 1. The van der Waals surface area contributed by atoms with Crippen molar-refractivity contribution in [2.24, 2.45) is 5.92 Å². The fourth-order valence-corrected chi connectivity index (χ4v) is 7.39. The molecule has 0 saturated carbocycles. The average molecular weight is 595 g/mol. The van der Waals surface area contributed by atoms with Crippen molar-refractivity contribution in [1.82, 2.24) is 9.55 Å². The van der Waals surface area contributed by atoms with Gasteiger partial charge in [0.25, 0.3) is 0 Å². The topological polar surface area (TPSA) is 117 Å². The number of rotatable bonds is 11. The third-order valence-corrected chi connectivity index (χ3v) is 9.71. The third kappa shape index (κ3) is 7.57. The van der Waals surface area contributed by atoms with Crippen molar-refractivity contribution in [2.45, 2.75) is 43.4 Å². The van der Waals surface area contributed by atoms with Gasteiger partial charge in [0, 0.05) is 11.9 Å². The van der Waals surface area contributed by atoms with Crippen molar-refractivity contribution in [3.63, 3.8) is 0 Å². The summed E-state index contributed by atoms with van der Waals surface area (Å²) in [6.07, 6.45) is -2.28. The molecule has 2 heterocycles. The molecular weight excluding hydrogens is 565 g/mol. The summed E-state index contributed by atoms with van der Waals surface area (Å²) in [5, 5.41) is 8.60. The minimum absolute atomic E-state index is 0.106. The minimum Gasteiger partial charge on any atom is -0.461 e. The van der Waals surface area contributed by atoms with Gasteiger partial charge in [0.15, 0.2) is 6.17 Å². The van der Waals surface area contributed by atoms with Crippen molar-refractivity contribution in [2.75, 3.05) is 12.8 Å². The molecule has 1 saturated heterocycles. The standard InChI is InChI=1S/C27H29F2N2O7PS/c1-17(26(33)36-14-19-8-10-20(28)11-9-19)16-39(35,38-21-6-4-3-5-7-21)37-15-22-24(32)23(29)25(40-22)31-13-12-18(2)30-27(31)34/h3-13,17,22-25,32H,14-16H2,1-2H3/t17-,22-,23+,24-,25-,39?/m1/s1. The third-order valence-electron chi connectivity index (χ3n) is 6.15. The summed E-state index contributed by atoms with van der Waals surface area (Å²) in [5.41, 5.74) is 0.400. The maximum Gasteiger partial charge on any atom is 0.380 e. The molecule has 0 bridgehead atoms. The van der Waals surface area contributed by atoms with Crippen molar-refractivity contribution in [3.05, 3.63) is 94.4 Å². The predicted molar refractivity (Wildman–Crippen MR) is 145 cm³/mol. The average Bonchev–Trinajstić information content (AvgIpc) is 3.20. The van der Waals surface area contributed by atoms with Crippen LogP contribution < -0.4 is 10.2 Å². The Labute approximate surface area is 234 Å². The summed E-state index contributed by atoms with van der Waals surface area (Å²) in [6, 6.07) is 15.2. The van der Waals surface area contributed by atoms with E-state index in [1.54, 1.807) is 43.3 Å². The molecule has 1 unspecified atom stereocenters. The van der Waals surface area contributed by atoms with Gasteiger partial charge in [-0.05, 0) is 42.8 Å². The highest BCUT2D eigenvalue weighted by molar-refractivity contribution is 8.00. The lowest BCUT2D eigenvalue weighted by Gasteiger charge is -2.24. The van der Waals surface area contributed by atoms with E-state index in [1.165, 1.54) is 37.4 Å². The summed E-state index contributed by atoms with van der Waals surface area (Å²) < 4.78 is 59.8. The maximum absolute atomic E-state index is 15.0. The molecule has 2 aromatic carbocycles. The molecule has 3 aromatic rings. The number of para-hydroxylation sites is 1. The SMILES string of the molecule is Cc1ccn([C@@H]2S[C@H](COP(=O)(C[C@@H](C)C(=O)OCc3ccc(F)cc3)Oc3ccccc3)[C@@H](O)[C@@H]2F)c(=O)n1. The van der Waals surface area contributed by atoms with Crippen LogP contribution in [0.5, 0.6) is 5.75 Å². The van der Waals surface area contributed by atoms with Crippen LogP contribution in [0.1, 0.15) is 23.6 Å². The zero-order valence-electron chi connectivity index (χ0n) is 21.8. The summed E-state index contributed by atoms with van der Waals surface area (Å²) in [4.78, 5) is 28.8. The van der Waals surface area contributed by atoms with Crippen LogP contribution in [-0.4, -0.2) is 50.9 Å². The van der Waals surface area contributed by atoms with Crippen LogP contribution in [-0.2, 0) is 25.2 Å². The van der Waals surface area contributed by atoms with E-state index >= 15 is 4.39 Å². The minimum atomic E-state index is -4.04. The van der Waals surface area contributed by atoms with Crippen LogP contribution >= 0.6 is 19.4 Å². The normalized spacial score (nSPS) is 22.8.